The molecule has 116 valence electrons. The van der Waals surface area contributed by atoms with Crippen molar-refractivity contribution < 1.29 is 5.03 Å². The molecule has 0 spiro atoms. The van der Waals surface area contributed by atoms with Gasteiger partial charge in [-0.25, -0.2) is 15.1 Å². The number of H-pyrrole nitrogens is 1. The molecule has 0 aliphatic heterocycles. The minimum atomic E-state index is -0.775. The Labute approximate surface area is 126 Å². The average molecular weight is 303 g/mol. The summed E-state index contributed by atoms with van der Waals surface area (Å²) in [6.45, 7) is 0.814. The second-order valence-electron chi connectivity index (χ2n) is 5.19. The number of hydrogen-bond donors (Lipinski definition) is 2. The number of nitrogens with one attached hydrogen (secondary N) is 2. The van der Waals surface area contributed by atoms with Crippen molar-refractivity contribution in [2.45, 2.75) is 13.0 Å². The zero-order valence-electron chi connectivity index (χ0n) is 12.4. The first kappa shape index (κ1) is 15.6. The summed E-state index contributed by atoms with van der Waals surface area (Å²) in [6.07, 6.45) is 1.77. The molecule has 1 aromatic heterocycles. The molecule has 8 heteroatoms. The molecule has 0 fully saturated rings. The van der Waals surface area contributed by atoms with E-state index >= 15 is 0 Å². The van der Waals surface area contributed by atoms with E-state index in [2.05, 4.69) is 14.9 Å². The predicted octanol–water partition coefficient (Wildman–Crippen LogP) is 1.03. The molecule has 0 amide bonds. The lowest BCUT2D eigenvalue weighted by atomic mass is 10.0. The Hall–Kier alpha value is -2.74. The summed E-state index contributed by atoms with van der Waals surface area (Å²) in [6, 6.07) is 7.93. The highest BCUT2D eigenvalue weighted by Gasteiger charge is 2.07. The van der Waals surface area contributed by atoms with Crippen molar-refractivity contribution in [2.75, 3.05) is 19.5 Å². The molecule has 1 heterocycles. The highest BCUT2D eigenvalue weighted by atomic mass is 16.7. The molecule has 8 nitrogen and oxygen atoms in total. The number of rotatable bonds is 6. The van der Waals surface area contributed by atoms with Gasteiger partial charge in [0.2, 0.25) is 0 Å². The van der Waals surface area contributed by atoms with Crippen LogP contribution in [0.1, 0.15) is 16.7 Å². The van der Waals surface area contributed by atoms with Crippen molar-refractivity contribution in [2.24, 2.45) is 0 Å². The van der Waals surface area contributed by atoms with Crippen LogP contribution in [-0.2, 0) is 13.0 Å². The largest absolute Gasteiger partial charge is 0.305 e. The number of hydrazine groups is 1. The Morgan fingerprint density at radius 2 is 2.09 bits per heavy atom. The second kappa shape index (κ2) is 6.81. The van der Waals surface area contributed by atoms with Gasteiger partial charge in [0, 0.05) is 24.7 Å². The first-order chi connectivity index (χ1) is 10.4. The number of anilines is 1. The molecule has 1 aromatic carbocycles. The number of benzene rings is 1. The van der Waals surface area contributed by atoms with Crippen LogP contribution in [0.3, 0.4) is 0 Å². The number of aromatic nitrogens is 2. The molecular weight excluding hydrogens is 286 g/mol. The number of nitro groups is 1. The molecule has 0 saturated carbocycles. The van der Waals surface area contributed by atoms with E-state index in [4.69, 9.17) is 0 Å². The summed E-state index contributed by atoms with van der Waals surface area (Å²) in [5.41, 5.74) is 4.02. The van der Waals surface area contributed by atoms with E-state index in [9.17, 15) is 14.9 Å². The van der Waals surface area contributed by atoms with Gasteiger partial charge >= 0.3 is 0 Å². The summed E-state index contributed by atoms with van der Waals surface area (Å²) in [7, 11) is 3.98. The second-order valence-corrected chi connectivity index (χ2v) is 5.19. The molecule has 0 unspecified atom stereocenters. The van der Waals surface area contributed by atoms with E-state index in [0.29, 0.717) is 12.0 Å². The third-order valence-electron chi connectivity index (χ3n) is 2.96. The lowest BCUT2D eigenvalue weighted by Gasteiger charge is -2.10. The lowest BCUT2D eigenvalue weighted by molar-refractivity contribution is -0.446. The third kappa shape index (κ3) is 4.38. The molecule has 0 saturated heterocycles. The third-order valence-corrected chi connectivity index (χ3v) is 2.96. The molecule has 2 aromatic rings. The smallest absolute Gasteiger partial charge is 0.265 e. The molecule has 22 heavy (non-hydrogen) atoms. The average Bonchev–Trinajstić information content (AvgIpc) is 2.41. The highest BCUT2D eigenvalue weighted by Crippen LogP contribution is 2.10. The monoisotopic (exact) mass is 303 g/mol. The molecule has 2 rings (SSSR count). The summed E-state index contributed by atoms with van der Waals surface area (Å²) in [4.78, 5) is 30.5. The maximum Gasteiger partial charge on any atom is 0.265 e. The van der Waals surface area contributed by atoms with Crippen LogP contribution in [0.4, 0.5) is 5.95 Å². The van der Waals surface area contributed by atoms with Gasteiger partial charge in [-0.15, -0.1) is 0 Å². The van der Waals surface area contributed by atoms with Crippen LogP contribution < -0.4 is 11.0 Å². The lowest BCUT2D eigenvalue weighted by Crippen LogP contribution is -2.19. The quantitative estimate of drug-likeness (QED) is 0.610. The van der Waals surface area contributed by atoms with Crippen LogP contribution >= 0.6 is 0 Å². The van der Waals surface area contributed by atoms with Gasteiger partial charge < -0.3 is 4.90 Å². The van der Waals surface area contributed by atoms with Gasteiger partial charge in [-0.05, 0) is 25.2 Å². The topological polar surface area (TPSA) is 104 Å². The van der Waals surface area contributed by atoms with Gasteiger partial charge in [-0.1, -0.05) is 29.7 Å². The van der Waals surface area contributed by atoms with E-state index in [0.717, 1.165) is 17.7 Å². The molecule has 0 aliphatic carbocycles. The first-order valence-corrected chi connectivity index (χ1v) is 6.66. The summed E-state index contributed by atoms with van der Waals surface area (Å²) in [5.74, 6) is -0.180. The maximum atomic E-state index is 11.9. The van der Waals surface area contributed by atoms with E-state index in [1.54, 1.807) is 0 Å². The van der Waals surface area contributed by atoms with Crippen LogP contribution in [0.5, 0.6) is 0 Å². The molecule has 0 atom stereocenters. The van der Waals surface area contributed by atoms with Crippen molar-refractivity contribution in [3.63, 3.8) is 0 Å². The standard InChI is InChI=1S/C14H17N5O3/c1-18(2)9-11-5-3-4-10(6-11)7-12-8-15-14(16-13(12)20)17-19(21)22/h3-6,8H,7,9H2,1-2H3,(H2,15,16,17,20). The fourth-order valence-corrected chi connectivity index (χ4v) is 2.11. The molecule has 0 bridgehead atoms. The SMILES string of the molecule is CN(C)Cc1cccc(Cc2cnc(N[N+](=O)[O-])[nH]c2=O)c1. The van der Waals surface area contributed by atoms with Gasteiger partial charge in [-0.2, -0.15) is 0 Å². The molecule has 0 radical (unpaired) electrons. The van der Waals surface area contributed by atoms with E-state index in [1.807, 2.05) is 43.8 Å². The maximum absolute atomic E-state index is 11.9. The van der Waals surface area contributed by atoms with Crippen LogP contribution in [0, 0.1) is 10.1 Å². The summed E-state index contributed by atoms with van der Waals surface area (Å²) in [5, 5.41) is 9.53. The van der Waals surface area contributed by atoms with Crippen LogP contribution in [0.25, 0.3) is 0 Å². The Morgan fingerprint density at radius 3 is 2.73 bits per heavy atom. The normalized spacial score (nSPS) is 10.7. The van der Waals surface area contributed by atoms with Gasteiger partial charge in [-0.3, -0.25) is 9.78 Å². The van der Waals surface area contributed by atoms with E-state index < -0.39 is 10.6 Å². The van der Waals surface area contributed by atoms with Gasteiger partial charge in [0.1, 0.15) is 0 Å². The number of hydrogen-bond acceptors (Lipinski definition) is 5. The van der Waals surface area contributed by atoms with Crippen LogP contribution in [-0.4, -0.2) is 34.0 Å². The Balaban J connectivity index is 2.17. The fraction of sp³-hybridized carbons (Fsp3) is 0.286. The Kier molecular flexibility index (Phi) is 4.84. The minimum absolute atomic E-state index is 0.180. The number of nitrogens with zero attached hydrogens (tertiary/aromatic N) is 3. The zero-order valence-corrected chi connectivity index (χ0v) is 12.4. The van der Waals surface area contributed by atoms with Crippen LogP contribution in [0.2, 0.25) is 0 Å². The van der Waals surface area contributed by atoms with Crippen molar-refractivity contribution in [3.8, 4) is 0 Å². The zero-order chi connectivity index (χ0) is 16.1. The van der Waals surface area contributed by atoms with Crippen molar-refractivity contribution in [1.82, 2.24) is 14.9 Å². The Bertz CT molecular complexity index is 726. The highest BCUT2D eigenvalue weighted by molar-refractivity contribution is 5.29. The van der Waals surface area contributed by atoms with Gasteiger partial charge in [0.05, 0.1) is 0 Å². The first-order valence-electron chi connectivity index (χ1n) is 6.66. The summed E-state index contributed by atoms with van der Waals surface area (Å²) >= 11 is 0. The van der Waals surface area contributed by atoms with E-state index in [-0.39, 0.29) is 5.95 Å². The minimum Gasteiger partial charge on any atom is -0.305 e. The van der Waals surface area contributed by atoms with E-state index in [1.165, 1.54) is 6.20 Å². The van der Waals surface area contributed by atoms with Gasteiger partial charge in [0.25, 0.3) is 11.5 Å². The summed E-state index contributed by atoms with van der Waals surface area (Å²) < 4.78 is 0. The van der Waals surface area contributed by atoms with Crippen molar-refractivity contribution >= 4 is 5.95 Å². The van der Waals surface area contributed by atoms with Crippen LogP contribution in [0.15, 0.2) is 35.3 Å². The molecule has 2 N–H and O–H groups in total. The molecule has 0 aliphatic rings. The predicted molar refractivity (Wildman–Crippen MR) is 82.1 cm³/mol. The Morgan fingerprint density at radius 1 is 1.36 bits per heavy atom. The van der Waals surface area contributed by atoms with Gasteiger partial charge in [0.15, 0.2) is 5.03 Å². The van der Waals surface area contributed by atoms with Crippen molar-refractivity contribution in [1.29, 1.82) is 0 Å². The van der Waals surface area contributed by atoms with Crippen molar-refractivity contribution in [3.05, 3.63) is 67.6 Å². The fourth-order valence-electron chi connectivity index (χ4n) is 2.11. The number of aromatic amines is 1. The molecular formula is C14H17N5O3.